The van der Waals surface area contributed by atoms with Crippen LogP contribution in [0.3, 0.4) is 0 Å². The number of carboxylic acid groups (broad SMARTS) is 1. The average Bonchev–Trinajstić information content (AvgIpc) is 2.85. The molecule has 1 aromatic heterocycles. The van der Waals surface area contributed by atoms with Crippen molar-refractivity contribution >= 4 is 16.0 Å². The normalized spacial score (nSPS) is 17.7. The molecule has 0 radical (unpaired) electrons. The molecule has 0 aromatic carbocycles. The van der Waals surface area contributed by atoms with Crippen LogP contribution in [0.4, 0.5) is 0 Å². The van der Waals surface area contributed by atoms with Crippen molar-refractivity contribution in [3.63, 3.8) is 0 Å². The maximum absolute atomic E-state index is 12.0. The molecule has 0 spiro atoms. The number of nitrogens with zero attached hydrogens (tertiary/aromatic N) is 1. The van der Waals surface area contributed by atoms with Crippen molar-refractivity contribution in [2.24, 2.45) is 12.5 Å². The minimum absolute atomic E-state index is 0.00773. The molecule has 0 bridgehead atoms. The topological polar surface area (TPSA) is 88.4 Å². The van der Waals surface area contributed by atoms with Crippen molar-refractivity contribution in [1.82, 2.24) is 9.29 Å². The van der Waals surface area contributed by atoms with Gasteiger partial charge in [0.15, 0.2) is 0 Å². The Morgan fingerprint density at radius 3 is 2.61 bits per heavy atom. The third kappa shape index (κ3) is 2.56. The first-order chi connectivity index (χ1) is 8.23. The van der Waals surface area contributed by atoms with Gasteiger partial charge in [0.1, 0.15) is 10.6 Å². The second-order valence-corrected chi connectivity index (χ2v) is 6.88. The zero-order valence-corrected chi connectivity index (χ0v) is 11.1. The number of nitrogens with one attached hydrogen (secondary N) is 1. The quantitative estimate of drug-likeness (QED) is 0.830. The first kappa shape index (κ1) is 13.1. The van der Waals surface area contributed by atoms with Crippen LogP contribution < -0.4 is 4.72 Å². The third-order valence-electron chi connectivity index (χ3n) is 3.30. The molecule has 1 aliphatic carbocycles. The molecular formula is C11H16N2O4S. The number of rotatable bonds is 5. The minimum Gasteiger partial charge on any atom is -0.477 e. The predicted molar refractivity (Wildman–Crippen MR) is 64.9 cm³/mol. The van der Waals surface area contributed by atoms with Crippen LogP contribution in [0, 0.1) is 5.41 Å². The smallest absolute Gasteiger partial charge is 0.352 e. The summed E-state index contributed by atoms with van der Waals surface area (Å²) in [4.78, 5) is 10.8. The Hall–Kier alpha value is -1.34. The van der Waals surface area contributed by atoms with E-state index in [1.807, 2.05) is 6.92 Å². The number of aromatic carboxylic acids is 1. The lowest BCUT2D eigenvalue weighted by molar-refractivity contribution is 0.0686. The first-order valence-electron chi connectivity index (χ1n) is 5.63. The van der Waals surface area contributed by atoms with Gasteiger partial charge in [-0.2, -0.15) is 0 Å². The van der Waals surface area contributed by atoms with Crippen LogP contribution in [0.2, 0.25) is 0 Å². The van der Waals surface area contributed by atoms with E-state index in [1.165, 1.54) is 23.9 Å². The second-order valence-electron chi connectivity index (χ2n) is 5.11. The highest BCUT2D eigenvalue weighted by Crippen LogP contribution is 2.44. The van der Waals surface area contributed by atoms with Gasteiger partial charge in [-0.3, -0.25) is 0 Å². The molecule has 0 atom stereocenters. The molecule has 6 nitrogen and oxygen atoms in total. The van der Waals surface area contributed by atoms with Gasteiger partial charge in [0.2, 0.25) is 10.0 Å². The fourth-order valence-electron chi connectivity index (χ4n) is 1.64. The van der Waals surface area contributed by atoms with Crippen molar-refractivity contribution < 1.29 is 18.3 Å². The number of carbonyl (C=O) groups is 1. The first-order valence-corrected chi connectivity index (χ1v) is 7.11. The summed E-state index contributed by atoms with van der Waals surface area (Å²) in [5.41, 5.74) is 0.0188. The van der Waals surface area contributed by atoms with E-state index in [-0.39, 0.29) is 16.0 Å². The molecule has 1 heterocycles. The lowest BCUT2D eigenvalue weighted by Crippen LogP contribution is -2.28. The Labute approximate surface area is 106 Å². The summed E-state index contributed by atoms with van der Waals surface area (Å²) in [5.74, 6) is -1.15. The molecule has 1 fully saturated rings. The Morgan fingerprint density at radius 1 is 1.56 bits per heavy atom. The van der Waals surface area contributed by atoms with Gasteiger partial charge in [0.05, 0.1) is 0 Å². The standard InChI is InChI=1S/C11H16N2O4S/c1-11(3-4-11)7-12-18(16,17)8-5-9(10(14)15)13(2)6-8/h5-6,12H,3-4,7H2,1-2H3,(H,14,15). The number of hydrogen-bond acceptors (Lipinski definition) is 3. The average molecular weight is 272 g/mol. The van der Waals surface area contributed by atoms with Crippen LogP contribution in [0.15, 0.2) is 17.2 Å². The van der Waals surface area contributed by atoms with Gasteiger partial charge in [-0.25, -0.2) is 17.9 Å². The molecule has 18 heavy (non-hydrogen) atoms. The van der Waals surface area contributed by atoms with Crippen molar-refractivity contribution in [2.75, 3.05) is 6.54 Å². The van der Waals surface area contributed by atoms with Crippen LogP contribution in [-0.2, 0) is 17.1 Å². The predicted octanol–water partition coefficient (Wildman–Crippen LogP) is 0.802. The Balaban J connectivity index is 2.19. The molecule has 0 aliphatic heterocycles. The van der Waals surface area contributed by atoms with Crippen molar-refractivity contribution in [1.29, 1.82) is 0 Å². The van der Waals surface area contributed by atoms with Gasteiger partial charge < -0.3 is 9.67 Å². The van der Waals surface area contributed by atoms with Gasteiger partial charge >= 0.3 is 5.97 Å². The van der Waals surface area contributed by atoms with E-state index < -0.39 is 16.0 Å². The number of aromatic nitrogens is 1. The largest absolute Gasteiger partial charge is 0.477 e. The summed E-state index contributed by atoms with van der Waals surface area (Å²) < 4.78 is 27.8. The molecule has 1 saturated carbocycles. The summed E-state index contributed by atoms with van der Waals surface area (Å²) >= 11 is 0. The summed E-state index contributed by atoms with van der Waals surface area (Å²) in [5, 5.41) is 8.88. The van der Waals surface area contributed by atoms with Crippen molar-refractivity contribution in [3.05, 3.63) is 18.0 Å². The zero-order chi connectivity index (χ0) is 13.6. The third-order valence-corrected chi connectivity index (χ3v) is 4.67. The molecule has 7 heteroatoms. The van der Waals surface area contributed by atoms with Crippen LogP contribution in [0.1, 0.15) is 30.3 Å². The minimum atomic E-state index is -3.62. The molecule has 1 aromatic rings. The van der Waals surface area contributed by atoms with Gasteiger partial charge in [-0.1, -0.05) is 6.92 Å². The summed E-state index contributed by atoms with van der Waals surface area (Å²) in [6, 6.07) is 1.17. The summed E-state index contributed by atoms with van der Waals surface area (Å²) in [6.07, 6.45) is 3.34. The SMILES string of the molecule is Cn1cc(S(=O)(=O)NCC2(C)CC2)cc1C(=O)O. The molecule has 1 aliphatic rings. The molecule has 0 saturated heterocycles. The lowest BCUT2D eigenvalue weighted by Gasteiger charge is -2.09. The Morgan fingerprint density at radius 2 is 2.17 bits per heavy atom. The summed E-state index contributed by atoms with van der Waals surface area (Å²) in [7, 11) is -2.12. The zero-order valence-electron chi connectivity index (χ0n) is 10.3. The maximum Gasteiger partial charge on any atom is 0.352 e. The van der Waals surface area contributed by atoms with Crippen molar-refractivity contribution in [2.45, 2.75) is 24.7 Å². The number of hydrogen-bond donors (Lipinski definition) is 2. The van der Waals surface area contributed by atoms with E-state index in [0.717, 1.165) is 12.8 Å². The van der Waals surface area contributed by atoms with Gasteiger partial charge in [-0.05, 0) is 24.3 Å². The van der Waals surface area contributed by atoms with Crippen LogP contribution >= 0.6 is 0 Å². The number of carboxylic acids is 1. The molecule has 0 amide bonds. The van der Waals surface area contributed by atoms with E-state index in [1.54, 1.807) is 0 Å². The highest BCUT2D eigenvalue weighted by Gasteiger charge is 2.38. The fourth-order valence-corrected chi connectivity index (χ4v) is 2.91. The monoisotopic (exact) mass is 272 g/mol. The maximum atomic E-state index is 12.0. The summed E-state index contributed by atoms with van der Waals surface area (Å²) in [6.45, 7) is 2.41. The van der Waals surface area contributed by atoms with Gasteiger partial charge in [-0.15, -0.1) is 0 Å². The Bertz CT molecular complexity index is 584. The van der Waals surface area contributed by atoms with E-state index in [4.69, 9.17) is 5.11 Å². The molecular weight excluding hydrogens is 256 g/mol. The van der Waals surface area contributed by atoms with Crippen molar-refractivity contribution in [3.8, 4) is 0 Å². The molecule has 2 rings (SSSR count). The van der Waals surface area contributed by atoms with E-state index in [2.05, 4.69) is 4.72 Å². The van der Waals surface area contributed by atoms with Gasteiger partial charge in [0, 0.05) is 19.8 Å². The Kier molecular flexibility index (Phi) is 2.98. The highest BCUT2D eigenvalue weighted by molar-refractivity contribution is 7.89. The number of sulfonamides is 1. The highest BCUT2D eigenvalue weighted by atomic mass is 32.2. The van der Waals surface area contributed by atoms with E-state index >= 15 is 0 Å². The molecule has 100 valence electrons. The van der Waals surface area contributed by atoms with Crippen LogP contribution in [0.25, 0.3) is 0 Å². The van der Waals surface area contributed by atoms with Gasteiger partial charge in [0.25, 0.3) is 0 Å². The number of aryl methyl sites for hydroxylation is 1. The van der Waals surface area contributed by atoms with Crippen LogP contribution in [0.5, 0.6) is 0 Å². The van der Waals surface area contributed by atoms with Crippen LogP contribution in [-0.4, -0.2) is 30.6 Å². The fraction of sp³-hybridized carbons (Fsp3) is 0.545. The van der Waals surface area contributed by atoms with E-state index in [0.29, 0.717) is 6.54 Å². The lowest BCUT2D eigenvalue weighted by atomic mass is 10.2. The molecule has 2 N–H and O–H groups in total. The van der Waals surface area contributed by atoms with E-state index in [9.17, 15) is 13.2 Å². The molecule has 0 unspecified atom stereocenters. The second kappa shape index (κ2) is 4.10.